The molecule has 4 aliphatic heterocycles. The molecule has 0 radical (unpaired) electrons. The smallest absolute Gasteiger partial charge is 0.318 e. The molecule has 1 unspecified atom stereocenters. The predicted octanol–water partition coefficient (Wildman–Crippen LogP) is 4.56. The number of ketones is 1. The van der Waals surface area contributed by atoms with Crippen molar-refractivity contribution in [2.45, 2.75) is 81.7 Å². The summed E-state index contributed by atoms with van der Waals surface area (Å²) in [6.45, 7) is 3.60. The Morgan fingerprint density at radius 1 is 1.11 bits per heavy atom. The van der Waals surface area contributed by atoms with Crippen molar-refractivity contribution in [2.75, 3.05) is 37.7 Å². The zero-order valence-corrected chi connectivity index (χ0v) is 22.4. The minimum absolute atomic E-state index is 0.265. The predicted molar refractivity (Wildman–Crippen MR) is 142 cm³/mol. The number of hydrogen-bond acceptors (Lipinski definition) is 7. The fourth-order valence-electron chi connectivity index (χ4n) is 7.50. The van der Waals surface area contributed by atoms with Gasteiger partial charge in [-0.15, -0.1) is 0 Å². The second-order valence-corrected chi connectivity index (χ2v) is 12.1. The van der Waals surface area contributed by atoms with Crippen LogP contribution in [0, 0.1) is 0 Å². The van der Waals surface area contributed by atoms with E-state index >= 15 is 0 Å². The molecule has 5 aliphatic rings. The average Bonchev–Trinajstić information content (AvgIpc) is 3.49. The molecule has 0 amide bonds. The first-order valence-corrected chi connectivity index (χ1v) is 14.4. The lowest BCUT2D eigenvalue weighted by atomic mass is 9.87. The van der Waals surface area contributed by atoms with Gasteiger partial charge in [0.1, 0.15) is 24.4 Å². The Morgan fingerprint density at radius 2 is 2.03 bits per heavy atom. The second kappa shape index (κ2) is 9.42. The van der Waals surface area contributed by atoms with Crippen LogP contribution in [0.4, 0.5) is 10.2 Å². The van der Waals surface area contributed by atoms with Crippen LogP contribution >= 0.6 is 11.6 Å². The summed E-state index contributed by atoms with van der Waals surface area (Å²) in [5.41, 5.74) is 3.52. The van der Waals surface area contributed by atoms with Gasteiger partial charge in [-0.3, -0.25) is 9.69 Å². The molecule has 202 valence electrons. The van der Waals surface area contributed by atoms with Crippen LogP contribution < -0.4 is 9.64 Å². The highest BCUT2D eigenvalue weighted by atomic mass is 35.5. The van der Waals surface area contributed by atoms with E-state index in [2.05, 4.69) is 15.9 Å². The molecule has 0 bridgehead atoms. The first kappa shape index (κ1) is 24.7. The zero-order chi connectivity index (χ0) is 25.9. The Balaban J connectivity index is 1.23. The van der Waals surface area contributed by atoms with Gasteiger partial charge < -0.3 is 14.4 Å². The summed E-state index contributed by atoms with van der Waals surface area (Å²) < 4.78 is 27.3. The van der Waals surface area contributed by atoms with Crippen LogP contribution in [0.5, 0.6) is 6.01 Å². The maximum atomic E-state index is 14.4. The Morgan fingerprint density at radius 3 is 2.95 bits per heavy atom. The highest BCUT2D eigenvalue weighted by molar-refractivity contribution is 6.31. The molecule has 5 heterocycles. The van der Waals surface area contributed by atoms with Gasteiger partial charge in [0.15, 0.2) is 0 Å². The molecule has 2 aromatic rings. The molecule has 3 fully saturated rings. The van der Waals surface area contributed by atoms with E-state index in [4.69, 9.17) is 31.0 Å². The van der Waals surface area contributed by atoms with Gasteiger partial charge in [0.2, 0.25) is 0 Å². The third-order valence-electron chi connectivity index (χ3n) is 9.46. The number of fused-ring (bicyclic) bond motifs is 4. The normalized spacial score (nSPS) is 30.8. The van der Waals surface area contributed by atoms with E-state index in [1.807, 2.05) is 12.1 Å². The number of anilines is 1. The summed E-state index contributed by atoms with van der Waals surface area (Å²) in [6, 6.07) is 6.41. The van der Waals surface area contributed by atoms with Crippen LogP contribution in [0.25, 0.3) is 0 Å². The Bertz CT molecular complexity index is 1280. The fraction of sp³-hybridized carbons (Fsp3) is 0.621. The maximum Gasteiger partial charge on any atom is 0.318 e. The number of ether oxygens (including phenoxy) is 2. The molecule has 7 nitrogen and oxygen atoms in total. The monoisotopic (exact) mass is 540 g/mol. The lowest BCUT2D eigenvalue weighted by Gasteiger charge is -2.37. The number of benzene rings is 1. The van der Waals surface area contributed by atoms with Gasteiger partial charge in [-0.05, 0) is 55.8 Å². The molecule has 1 spiro atoms. The van der Waals surface area contributed by atoms with Gasteiger partial charge in [-0.1, -0.05) is 23.7 Å². The van der Waals surface area contributed by atoms with Crippen molar-refractivity contribution in [3.63, 3.8) is 0 Å². The van der Waals surface area contributed by atoms with Gasteiger partial charge in [-0.2, -0.15) is 9.97 Å². The lowest BCUT2D eigenvalue weighted by molar-refractivity contribution is -0.118. The van der Waals surface area contributed by atoms with Gasteiger partial charge in [0, 0.05) is 55.9 Å². The average molecular weight is 541 g/mol. The Hall–Kier alpha value is -2.29. The Kier molecular flexibility index (Phi) is 6.13. The third-order valence-corrected chi connectivity index (χ3v) is 9.81. The highest BCUT2D eigenvalue weighted by Crippen LogP contribution is 2.49. The van der Waals surface area contributed by atoms with Crippen molar-refractivity contribution in [1.29, 1.82) is 0 Å². The molecule has 1 aliphatic carbocycles. The van der Waals surface area contributed by atoms with Crippen molar-refractivity contribution in [3.05, 3.63) is 45.6 Å². The zero-order valence-electron chi connectivity index (χ0n) is 21.7. The quantitative estimate of drug-likeness (QED) is 0.563. The topological polar surface area (TPSA) is 67.8 Å². The maximum absolute atomic E-state index is 14.4. The van der Waals surface area contributed by atoms with Gasteiger partial charge >= 0.3 is 6.01 Å². The molecule has 1 aromatic heterocycles. The number of hydrogen-bond donors (Lipinski definition) is 0. The van der Waals surface area contributed by atoms with Crippen LogP contribution in [-0.4, -0.2) is 65.1 Å². The second-order valence-electron chi connectivity index (χ2n) is 11.7. The minimum atomic E-state index is -0.806. The number of nitrogens with zero attached hydrogens (tertiary/aromatic N) is 4. The van der Waals surface area contributed by atoms with E-state index in [0.29, 0.717) is 63.8 Å². The first-order valence-electron chi connectivity index (χ1n) is 14.0. The number of halogens is 2. The highest BCUT2D eigenvalue weighted by Gasteiger charge is 2.50. The molecule has 0 N–H and O–H groups in total. The van der Waals surface area contributed by atoms with Crippen molar-refractivity contribution < 1.29 is 18.7 Å². The van der Waals surface area contributed by atoms with E-state index in [1.54, 1.807) is 0 Å². The van der Waals surface area contributed by atoms with Crippen molar-refractivity contribution in [2.24, 2.45) is 0 Å². The largest absolute Gasteiger partial charge is 0.461 e. The Labute approximate surface area is 227 Å². The lowest BCUT2D eigenvalue weighted by Crippen LogP contribution is -2.43. The van der Waals surface area contributed by atoms with Crippen molar-refractivity contribution >= 4 is 23.2 Å². The number of alkyl halides is 1. The first-order chi connectivity index (χ1) is 18.4. The van der Waals surface area contributed by atoms with E-state index < -0.39 is 11.8 Å². The molecule has 9 heteroatoms. The van der Waals surface area contributed by atoms with Crippen LogP contribution in [0.1, 0.15) is 67.3 Å². The van der Waals surface area contributed by atoms with Crippen LogP contribution in [-0.2, 0) is 34.6 Å². The van der Waals surface area contributed by atoms with Gasteiger partial charge in [0.25, 0.3) is 0 Å². The van der Waals surface area contributed by atoms with Gasteiger partial charge in [0.05, 0.1) is 23.4 Å². The van der Waals surface area contributed by atoms with E-state index in [9.17, 15) is 9.18 Å². The summed E-state index contributed by atoms with van der Waals surface area (Å²) in [7, 11) is 0. The molecule has 3 saturated heterocycles. The fourth-order valence-corrected chi connectivity index (χ4v) is 7.77. The molecule has 3 atom stereocenters. The molecule has 7 rings (SSSR count). The summed E-state index contributed by atoms with van der Waals surface area (Å²) >= 11 is 6.54. The number of carbonyl (C=O) groups is 1. The molecule has 38 heavy (non-hydrogen) atoms. The van der Waals surface area contributed by atoms with Crippen LogP contribution in [0.3, 0.4) is 0 Å². The van der Waals surface area contributed by atoms with E-state index in [-0.39, 0.29) is 5.54 Å². The van der Waals surface area contributed by atoms with Crippen molar-refractivity contribution in [3.8, 4) is 6.01 Å². The number of aromatic nitrogens is 2. The van der Waals surface area contributed by atoms with E-state index in [1.165, 1.54) is 0 Å². The van der Waals surface area contributed by atoms with Crippen molar-refractivity contribution in [1.82, 2.24) is 14.9 Å². The standard InChI is InChI=1S/C29H34ClFN4O3/c30-24-6-1-5-23-21(24)7-10-29(23)15-25-22(17-38-29)26(34-11-2-4-20(36)8-13-34)33-27(32-25)37-18-28-9-3-12-35(28)16-19(31)14-28/h1,5-6,19H,2-4,7-18H2/t19-,28+,29?/m1/s1. The molecule has 1 aromatic carbocycles. The third kappa shape index (κ3) is 4.11. The van der Waals surface area contributed by atoms with Crippen LogP contribution in [0.2, 0.25) is 5.02 Å². The molecular formula is C29H34ClFN4O3. The summed E-state index contributed by atoms with van der Waals surface area (Å²) in [5, 5.41) is 0.790. The van der Waals surface area contributed by atoms with Crippen LogP contribution in [0.15, 0.2) is 18.2 Å². The SMILES string of the molecule is O=C1CCCN(c2nc(OC[C@@]34CCCN3C[C@H](F)C4)nc3c2COC2(CCc4c(Cl)cccc42)C3)CC1. The minimum Gasteiger partial charge on any atom is -0.461 e. The van der Waals surface area contributed by atoms with E-state index in [0.717, 1.165) is 78.4 Å². The summed E-state index contributed by atoms with van der Waals surface area (Å²) in [6.07, 6.45) is 5.99. The molecular weight excluding hydrogens is 507 g/mol. The van der Waals surface area contributed by atoms with Gasteiger partial charge in [-0.25, -0.2) is 4.39 Å². The summed E-state index contributed by atoms with van der Waals surface area (Å²) in [4.78, 5) is 26.5. The number of carbonyl (C=O) groups excluding carboxylic acids is 1. The number of rotatable bonds is 4. The molecule has 0 saturated carbocycles. The number of Topliss-reactive ketones (excluding diaryl/α,β-unsaturated/α-hetero) is 1. The summed E-state index contributed by atoms with van der Waals surface area (Å²) in [5.74, 6) is 1.11.